The highest BCUT2D eigenvalue weighted by Crippen LogP contribution is 2.23. The minimum Gasteiger partial charge on any atom is -0.280 e. The summed E-state index contributed by atoms with van der Waals surface area (Å²) in [7, 11) is -7.14. The van der Waals surface area contributed by atoms with Gasteiger partial charge in [-0.25, -0.2) is 16.8 Å². The fourth-order valence-electron chi connectivity index (χ4n) is 1.64. The lowest BCUT2D eigenvalue weighted by atomic mass is 10.3. The molecule has 0 fully saturated rings. The third-order valence-electron chi connectivity index (χ3n) is 2.66. The van der Waals surface area contributed by atoms with Crippen molar-refractivity contribution < 1.29 is 16.8 Å². The summed E-state index contributed by atoms with van der Waals surface area (Å²) in [6, 6.07) is 11.5. The Morgan fingerprint density at radius 2 is 1.48 bits per heavy atom. The van der Waals surface area contributed by atoms with E-state index in [-0.39, 0.29) is 20.5 Å². The predicted octanol–water partition coefficient (Wildman–Crippen LogP) is 2.54. The van der Waals surface area contributed by atoms with Crippen LogP contribution in [0.3, 0.4) is 0 Å². The molecule has 0 aliphatic rings. The molecule has 0 aliphatic carbocycles. The van der Waals surface area contributed by atoms with E-state index in [9.17, 15) is 16.8 Å². The molecular formula is C13H12ClNO4S2. The molecule has 5 nitrogen and oxygen atoms in total. The molecule has 0 radical (unpaired) electrons. The maximum atomic E-state index is 12.2. The Balaban J connectivity index is 2.32. The van der Waals surface area contributed by atoms with Gasteiger partial charge >= 0.3 is 0 Å². The summed E-state index contributed by atoms with van der Waals surface area (Å²) in [5, 5.41) is 0.109. The van der Waals surface area contributed by atoms with Crippen LogP contribution in [0.15, 0.2) is 58.3 Å². The molecule has 2 aromatic rings. The largest absolute Gasteiger partial charge is 0.280 e. The van der Waals surface area contributed by atoms with Crippen molar-refractivity contribution in [2.45, 2.75) is 9.79 Å². The van der Waals surface area contributed by atoms with E-state index in [1.165, 1.54) is 36.4 Å². The molecule has 0 unspecified atom stereocenters. The van der Waals surface area contributed by atoms with Crippen LogP contribution in [0, 0.1) is 0 Å². The van der Waals surface area contributed by atoms with Gasteiger partial charge in [-0.3, -0.25) is 4.72 Å². The van der Waals surface area contributed by atoms with E-state index in [2.05, 4.69) is 4.72 Å². The summed E-state index contributed by atoms with van der Waals surface area (Å²) in [4.78, 5) is 0.0713. The molecule has 0 aromatic heterocycles. The van der Waals surface area contributed by atoms with Crippen LogP contribution in [-0.4, -0.2) is 23.1 Å². The van der Waals surface area contributed by atoms with Gasteiger partial charge in [0, 0.05) is 11.9 Å². The highest BCUT2D eigenvalue weighted by Gasteiger charge is 2.17. The number of benzene rings is 2. The molecule has 0 aliphatic heterocycles. The topological polar surface area (TPSA) is 80.3 Å². The predicted molar refractivity (Wildman–Crippen MR) is 81.8 cm³/mol. The number of hydrogen-bond donors (Lipinski definition) is 1. The first-order valence-corrected chi connectivity index (χ1v) is 9.53. The van der Waals surface area contributed by atoms with Crippen molar-refractivity contribution in [1.82, 2.24) is 0 Å². The molecule has 0 heterocycles. The van der Waals surface area contributed by atoms with Crippen LogP contribution in [-0.2, 0) is 19.9 Å². The van der Waals surface area contributed by atoms with Crippen LogP contribution in [0.5, 0.6) is 0 Å². The normalized spacial score (nSPS) is 12.1. The Morgan fingerprint density at radius 3 is 2.00 bits per heavy atom. The Labute approximate surface area is 128 Å². The van der Waals surface area contributed by atoms with Crippen LogP contribution < -0.4 is 4.72 Å². The Kier molecular flexibility index (Phi) is 4.27. The Morgan fingerprint density at radius 1 is 0.905 bits per heavy atom. The van der Waals surface area contributed by atoms with Crippen molar-refractivity contribution in [3.05, 3.63) is 53.6 Å². The van der Waals surface area contributed by atoms with Crippen LogP contribution in [0.4, 0.5) is 5.69 Å². The van der Waals surface area contributed by atoms with E-state index in [0.29, 0.717) is 0 Å². The number of halogens is 1. The van der Waals surface area contributed by atoms with E-state index in [1.54, 1.807) is 12.1 Å². The molecule has 0 spiro atoms. The second kappa shape index (κ2) is 5.67. The summed E-state index contributed by atoms with van der Waals surface area (Å²) in [5.74, 6) is 0. The monoisotopic (exact) mass is 345 g/mol. The fourth-order valence-corrected chi connectivity index (χ4v) is 3.85. The summed E-state index contributed by atoms with van der Waals surface area (Å²) in [6.45, 7) is 0. The molecular weight excluding hydrogens is 334 g/mol. The highest BCUT2D eigenvalue weighted by molar-refractivity contribution is 7.92. The smallest absolute Gasteiger partial charge is 0.263 e. The maximum Gasteiger partial charge on any atom is 0.263 e. The van der Waals surface area contributed by atoms with Gasteiger partial charge in [0.15, 0.2) is 9.84 Å². The molecule has 1 N–H and O–H groups in total. The van der Waals surface area contributed by atoms with Crippen molar-refractivity contribution in [2.24, 2.45) is 0 Å². The zero-order valence-corrected chi connectivity index (χ0v) is 13.3. The number of hydrogen-bond acceptors (Lipinski definition) is 4. The van der Waals surface area contributed by atoms with E-state index < -0.39 is 19.9 Å². The average molecular weight is 346 g/mol. The molecule has 0 atom stereocenters. The van der Waals surface area contributed by atoms with E-state index in [0.717, 1.165) is 6.26 Å². The molecule has 21 heavy (non-hydrogen) atoms. The lowest BCUT2D eigenvalue weighted by molar-refractivity contribution is 0.600. The van der Waals surface area contributed by atoms with Gasteiger partial charge in [0.05, 0.1) is 9.92 Å². The first-order chi connectivity index (χ1) is 9.70. The van der Waals surface area contributed by atoms with E-state index >= 15 is 0 Å². The standard InChI is InChI=1S/C13H12ClNO4S2/c1-20(16,17)11-8-6-10(7-9-11)15-21(18,19)13-5-3-2-4-12(13)14/h2-9,15H,1H3. The zero-order valence-electron chi connectivity index (χ0n) is 10.9. The Hall–Kier alpha value is -1.57. The number of rotatable bonds is 4. The van der Waals surface area contributed by atoms with Gasteiger partial charge in [-0.2, -0.15) is 0 Å². The second-order valence-electron chi connectivity index (χ2n) is 4.33. The van der Waals surface area contributed by atoms with Crippen LogP contribution in [0.2, 0.25) is 5.02 Å². The van der Waals surface area contributed by atoms with Gasteiger partial charge in [0.1, 0.15) is 4.90 Å². The van der Waals surface area contributed by atoms with E-state index in [1.807, 2.05) is 0 Å². The number of sulfone groups is 1. The summed E-state index contributed by atoms with van der Waals surface area (Å²) in [6.07, 6.45) is 1.08. The number of anilines is 1. The number of sulfonamides is 1. The van der Waals surface area contributed by atoms with Crippen molar-refractivity contribution in [3.8, 4) is 0 Å². The lowest BCUT2D eigenvalue weighted by Gasteiger charge is -2.09. The Bertz CT molecular complexity index is 859. The molecule has 2 aromatic carbocycles. The van der Waals surface area contributed by atoms with Crippen molar-refractivity contribution in [3.63, 3.8) is 0 Å². The first-order valence-electron chi connectivity index (χ1n) is 5.77. The van der Waals surface area contributed by atoms with Gasteiger partial charge in [-0.15, -0.1) is 0 Å². The minimum atomic E-state index is -3.82. The molecule has 0 bridgehead atoms. The van der Waals surface area contributed by atoms with Gasteiger partial charge < -0.3 is 0 Å². The first kappa shape index (κ1) is 15.8. The zero-order chi connectivity index (χ0) is 15.7. The van der Waals surface area contributed by atoms with Gasteiger partial charge in [0.2, 0.25) is 0 Å². The quantitative estimate of drug-likeness (QED) is 0.923. The van der Waals surface area contributed by atoms with Crippen molar-refractivity contribution in [1.29, 1.82) is 0 Å². The fraction of sp³-hybridized carbons (Fsp3) is 0.0769. The van der Waals surface area contributed by atoms with Gasteiger partial charge in [-0.1, -0.05) is 23.7 Å². The summed E-state index contributed by atoms with van der Waals surface area (Å²) in [5.41, 5.74) is 0.252. The molecule has 8 heteroatoms. The lowest BCUT2D eigenvalue weighted by Crippen LogP contribution is -2.13. The third-order valence-corrected chi connectivity index (χ3v) is 5.67. The van der Waals surface area contributed by atoms with Crippen LogP contribution >= 0.6 is 11.6 Å². The SMILES string of the molecule is CS(=O)(=O)c1ccc(NS(=O)(=O)c2ccccc2Cl)cc1. The maximum absolute atomic E-state index is 12.2. The molecule has 0 amide bonds. The highest BCUT2D eigenvalue weighted by atomic mass is 35.5. The van der Waals surface area contributed by atoms with Crippen molar-refractivity contribution in [2.75, 3.05) is 11.0 Å². The van der Waals surface area contributed by atoms with Crippen LogP contribution in [0.1, 0.15) is 0 Å². The molecule has 2 rings (SSSR count). The van der Waals surface area contributed by atoms with Gasteiger partial charge in [0.25, 0.3) is 10.0 Å². The summed E-state index contributed by atoms with van der Waals surface area (Å²) < 4.78 is 49.4. The molecule has 0 saturated carbocycles. The average Bonchev–Trinajstić information content (AvgIpc) is 2.38. The van der Waals surface area contributed by atoms with Crippen LogP contribution in [0.25, 0.3) is 0 Å². The summed E-state index contributed by atoms with van der Waals surface area (Å²) >= 11 is 5.86. The third kappa shape index (κ3) is 3.75. The van der Waals surface area contributed by atoms with Crippen molar-refractivity contribution >= 4 is 37.1 Å². The van der Waals surface area contributed by atoms with E-state index in [4.69, 9.17) is 11.6 Å². The minimum absolute atomic E-state index is 0.0427. The van der Waals surface area contributed by atoms with Gasteiger partial charge in [-0.05, 0) is 36.4 Å². The second-order valence-corrected chi connectivity index (χ2v) is 8.41. The molecule has 0 saturated heterocycles. The molecule has 112 valence electrons. The number of nitrogens with one attached hydrogen (secondary N) is 1.